The molecule has 26 heavy (non-hydrogen) atoms. The summed E-state index contributed by atoms with van der Waals surface area (Å²) in [6.07, 6.45) is 0. The first kappa shape index (κ1) is 16.7. The van der Waals surface area contributed by atoms with E-state index in [1.54, 1.807) is 30.3 Å². The number of anilines is 1. The fraction of sp³-hybridized carbons (Fsp3) is 0.316. The van der Waals surface area contributed by atoms with E-state index in [1.165, 1.54) is 0 Å². The maximum Gasteiger partial charge on any atom is 0.204 e. The Labute approximate surface area is 149 Å². The van der Waals surface area contributed by atoms with Gasteiger partial charge in [-0.1, -0.05) is 0 Å². The molecule has 0 unspecified atom stereocenters. The molecule has 1 aliphatic heterocycles. The second-order valence-electron chi connectivity index (χ2n) is 6.10. The second-order valence-corrected chi connectivity index (χ2v) is 6.10. The number of aromatic hydroxyl groups is 1. The molecule has 4 rings (SSSR count). The summed E-state index contributed by atoms with van der Waals surface area (Å²) in [7, 11) is 0. The van der Waals surface area contributed by atoms with Crippen LogP contribution in [0.4, 0.5) is 5.69 Å². The highest BCUT2D eigenvalue weighted by Gasteiger charge is 2.17. The fourth-order valence-corrected chi connectivity index (χ4v) is 3.18. The van der Waals surface area contributed by atoms with Gasteiger partial charge in [0.1, 0.15) is 34.7 Å². The van der Waals surface area contributed by atoms with Crippen molar-refractivity contribution in [3.05, 3.63) is 40.6 Å². The van der Waals surface area contributed by atoms with Crippen molar-refractivity contribution in [1.82, 2.24) is 0 Å². The molecule has 7 heteroatoms. The van der Waals surface area contributed by atoms with Gasteiger partial charge in [-0.15, -0.1) is 0 Å². The van der Waals surface area contributed by atoms with Crippen LogP contribution in [-0.2, 0) is 4.74 Å². The Kier molecular flexibility index (Phi) is 4.40. The van der Waals surface area contributed by atoms with E-state index in [0.717, 1.165) is 5.69 Å². The highest BCUT2D eigenvalue weighted by molar-refractivity contribution is 5.95. The van der Waals surface area contributed by atoms with Crippen molar-refractivity contribution in [2.45, 2.75) is 0 Å². The smallest absolute Gasteiger partial charge is 0.204 e. The Morgan fingerprint density at radius 1 is 1.12 bits per heavy atom. The fourth-order valence-electron chi connectivity index (χ4n) is 3.18. The Morgan fingerprint density at radius 3 is 2.69 bits per heavy atom. The van der Waals surface area contributed by atoms with Gasteiger partial charge in [-0.05, 0) is 12.1 Å². The Bertz CT molecular complexity index is 1010. The van der Waals surface area contributed by atoms with Crippen molar-refractivity contribution >= 4 is 27.6 Å². The molecule has 0 spiro atoms. The van der Waals surface area contributed by atoms with Gasteiger partial charge in [0.2, 0.25) is 5.43 Å². The van der Waals surface area contributed by atoms with Crippen LogP contribution >= 0.6 is 0 Å². The third-order valence-corrected chi connectivity index (χ3v) is 4.45. The molecule has 0 amide bonds. The first-order valence-corrected chi connectivity index (χ1v) is 8.47. The number of fused-ring (bicyclic) bond motifs is 2. The van der Waals surface area contributed by atoms with Crippen molar-refractivity contribution < 1.29 is 24.1 Å². The van der Waals surface area contributed by atoms with Crippen LogP contribution in [0.1, 0.15) is 0 Å². The molecule has 0 bridgehead atoms. The zero-order valence-corrected chi connectivity index (χ0v) is 14.1. The number of hydrogen-bond donors (Lipinski definition) is 2. The molecule has 1 aromatic heterocycles. The summed E-state index contributed by atoms with van der Waals surface area (Å²) in [5.74, 6) is 0.405. The van der Waals surface area contributed by atoms with Gasteiger partial charge in [-0.2, -0.15) is 0 Å². The zero-order valence-electron chi connectivity index (χ0n) is 14.1. The van der Waals surface area contributed by atoms with Crippen LogP contribution in [0.3, 0.4) is 0 Å². The van der Waals surface area contributed by atoms with Gasteiger partial charge in [-0.25, -0.2) is 0 Å². The van der Waals surface area contributed by atoms with E-state index < -0.39 is 0 Å². The van der Waals surface area contributed by atoms with Gasteiger partial charge in [0.15, 0.2) is 0 Å². The van der Waals surface area contributed by atoms with Gasteiger partial charge < -0.3 is 29.0 Å². The average Bonchev–Trinajstić information content (AvgIpc) is 2.66. The lowest BCUT2D eigenvalue weighted by atomic mass is 10.1. The molecule has 3 aromatic rings. The molecule has 2 aromatic carbocycles. The quantitative estimate of drug-likeness (QED) is 0.689. The molecule has 136 valence electrons. The summed E-state index contributed by atoms with van der Waals surface area (Å²) < 4.78 is 16.6. The molecule has 2 heterocycles. The monoisotopic (exact) mass is 357 g/mol. The summed E-state index contributed by atoms with van der Waals surface area (Å²) in [5.41, 5.74) is 1.19. The summed E-state index contributed by atoms with van der Waals surface area (Å²) in [6.45, 7) is 2.71. The molecule has 0 saturated carbocycles. The first-order chi connectivity index (χ1) is 12.7. The van der Waals surface area contributed by atoms with Gasteiger partial charge >= 0.3 is 0 Å². The zero-order chi connectivity index (χ0) is 18.1. The van der Waals surface area contributed by atoms with Gasteiger partial charge in [-0.3, -0.25) is 4.79 Å². The SMILES string of the molecule is O=c1c2ccc(OCCO)cc2oc2cc(N3CCOCC3)cc(O)c12. The predicted octanol–water partition coefficient (Wildman–Crippen LogP) is 1.86. The number of phenols is 1. The van der Waals surface area contributed by atoms with Crippen molar-refractivity contribution in [2.24, 2.45) is 0 Å². The van der Waals surface area contributed by atoms with Gasteiger partial charge in [0.05, 0.1) is 25.2 Å². The van der Waals surface area contributed by atoms with Crippen LogP contribution in [0.25, 0.3) is 21.9 Å². The molecule has 7 nitrogen and oxygen atoms in total. The number of ether oxygens (including phenoxy) is 2. The molecule has 2 N–H and O–H groups in total. The van der Waals surface area contributed by atoms with Gasteiger partial charge in [0, 0.05) is 37.0 Å². The van der Waals surface area contributed by atoms with E-state index in [1.807, 2.05) is 0 Å². The molecule has 1 aliphatic rings. The van der Waals surface area contributed by atoms with E-state index in [0.29, 0.717) is 48.6 Å². The molecule has 0 aliphatic carbocycles. The molecule has 0 radical (unpaired) electrons. The minimum absolute atomic E-state index is 0.0970. The largest absolute Gasteiger partial charge is 0.507 e. The predicted molar refractivity (Wildman–Crippen MR) is 97.3 cm³/mol. The Hall–Kier alpha value is -2.77. The van der Waals surface area contributed by atoms with Crippen LogP contribution in [-0.4, -0.2) is 49.7 Å². The summed E-state index contributed by atoms with van der Waals surface area (Å²) in [4.78, 5) is 14.9. The lowest BCUT2D eigenvalue weighted by Gasteiger charge is -2.29. The molecule has 1 saturated heterocycles. The van der Waals surface area contributed by atoms with E-state index in [9.17, 15) is 9.90 Å². The second kappa shape index (κ2) is 6.86. The topological polar surface area (TPSA) is 92.4 Å². The average molecular weight is 357 g/mol. The number of nitrogens with zero attached hydrogens (tertiary/aromatic N) is 1. The van der Waals surface area contributed by atoms with E-state index in [4.69, 9.17) is 19.0 Å². The van der Waals surface area contributed by atoms with Crippen molar-refractivity contribution in [1.29, 1.82) is 0 Å². The third kappa shape index (κ3) is 2.95. The maximum absolute atomic E-state index is 12.8. The Balaban J connectivity index is 1.86. The lowest BCUT2D eigenvalue weighted by molar-refractivity contribution is 0.122. The standard InChI is InChI=1S/C19H19NO6/c21-5-8-25-13-1-2-14-16(11-13)26-17-10-12(20-3-6-24-7-4-20)9-15(22)18(17)19(14)23/h1-2,9-11,21-22H,3-8H2. The number of hydrogen-bond acceptors (Lipinski definition) is 7. The number of rotatable bonds is 4. The maximum atomic E-state index is 12.8. The van der Waals surface area contributed by atoms with Crippen molar-refractivity contribution in [3.8, 4) is 11.5 Å². The first-order valence-electron chi connectivity index (χ1n) is 8.47. The van der Waals surface area contributed by atoms with Crippen LogP contribution in [0.15, 0.2) is 39.5 Å². The van der Waals surface area contributed by atoms with Crippen LogP contribution in [0, 0.1) is 0 Å². The summed E-state index contributed by atoms with van der Waals surface area (Å²) in [6, 6.07) is 8.21. The minimum atomic E-state index is -0.291. The van der Waals surface area contributed by atoms with Crippen LogP contribution in [0.5, 0.6) is 11.5 Å². The molecular weight excluding hydrogens is 338 g/mol. The highest BCUT2D eigenvalue weighted by Crippen LogP contribution is 2.32. The normalized spacial score (nSPS) is 14.9. The lowest BCUT2D eigenvalue weighted by Crippen LogP contribution is -2.36. The Morgan fingerprint density at radius 2 is 1.92 bits per heavy atom. The number of phenolic OH excluding ortho intramolecular Hbond substituents is 1. The van der Waals surface area contributed by atoms with Crippen molar-refractivity contribution in [3.63, 3.8) is 0 Å². The van der Waals surface area contributed by atoms with E-state index in [2.05, 4.69) is 4.90 Å². The van der Waals surface area contributed by atoms with Crippen LogP contribution in [0.2, 0.25) is 0 Å². The summed E-state index contributed by atoms with van der Waals surface area (Å²) >= 11 is 0. The molecular formula is C19H19NO6. The molecule has 1 fully saturated rings. The number of aliphatic hydroxyl groups is 1. The minimum Gasteiger partial charge on any atom is -0.507 e. The van der Waals surface area contributed by atoms with E-state index in [-0.39, 0.29) is 29.8 Å². The highest BCUT2D eigenvalue weighted by atomic mass is 16.5. The summed E-state index contributed by atoms with van der Waals surface area (Å²) in [5, 5.41) is 19.8. The van der Waals surface area contributed by atoms with Crippen LogP contribution < -0.4 is 15.1 Å². The van der Waals surface area contributed by atoms with E-state index >= 15 is 0 Å². The third-order valence-electron chi connectivity index (χ3n) is 4.45. The van der Waals surface area contributed by atoms with Gasteiger partial charge in [0.25, 0.3) is 0 Å². The number of morpholine rings is 1. The van der Waals surface area contributed by atoms with Crippen molar-refractivity contribution in [2.75, 3.05) is 44.4 Å². The number of benzene rings is 2. The number of aliphatic hydroxyl groups excluding tert-OH is 1. The molecule has 0 atom stereocenters.